The molecule has 1 saturated heterocycles. The molecule has 5 heteroatoms. The van der Waals surface area contributed by atoms with Gasteiger partial charge in [-0.1, -0.05) is 30.3 Å². The van der Waals surface area contributed by atoms with Crippen LogP contribution in [0.15, 0.2) is 54.6 Å². The lowest BCUT2D eigenvalue weighted by atomic mass is 10.0. The van der Waals surface area contributed by atoms with Gasteiger partial charge in [0.05, 0.1) is 5.56 Å². The molecule has 1 fully saturated rings. The van der Waals surface area contributed by atoms with Crippen molar-refractivity contribution < 1.29 is 13.2 Å². The third-order valence-electron chi connectivity index (χ3n) is 4.92. The van der Waals surface area contributed by atoms with Gasteiger partial charge in [0.25, 0.3) is 0 Å². The van der Waals surface area contributed by atoms with Crippen molar-refractivity contribution >= 4 is 5.69 Å². The van der Waals surface area contributed by atoms with Crippen LogP contribution >= 0.6 is 0 Å². The van der Waals surface area contributed by atoms with Crippen LogP contribution in [0.2, 0.25) is 0 Å². The van der Waals surface area contributed by atoms with Crippen LogP contribution in [0.1, 0.15) is 24.0 Å². The molecule has 0 unspecified atom stereocenters. The Morgan fingerprint density at radius 1 is 0.960 bits per heavy atom. The fraction of sp³-hybridized carbons (Fsp3) is 0.400. The molecule has 0 aromatic heterocycles. The van der Waals surface area contributed by atoms with E-state index in [4.69, 9.17) is 0 Å². The summed E-state index contributed by atoms with van der Waals surface area (Å²) in [4.78, 5) is 4.55. The molecule has 1 heterocycles. The Morgan fingerprint density at radius 2 is 1.56 bits per heavy atom. The maximum absolute atomic E-state index is 12.7. The van der Waals surface area contributed by atoms with Gasteiger partial charge in [-0.2, -0.15) is 13.2 Å². The second kappa shape index (κ2) is 7.48. The Balaban J connectivity index is 1.54. The van der Waals surface area contributed by atoms with E-state index in [2.05, 4.69) is 41.1 Å². The zero-order chi connectivity index (χ0) is 17.9. The predicted octanol–water partition coefficient (Wildman–Crippen LogP) is 4.81. The summed E-state index contributed by atoms with van der Waals surface area (Å²) in [5.74, 6) is 0. The molecule has 0 amide bonds. The molecule has 3 rings (SSSR count). The van der Waals surface area contributed by atoms with Crippen molar-refractivity contribution in [2.24, 2.45) is 0 Å². The van der Waals surface area contributed by atoms with E-state index >= 15 is 0 Å². The van der Waals surface area contributed by atoms with Crippen molar-refractivity contribution in [2.75, 3.05) is 25.0 Å². The molecule has 2 nitrogen and oxygen atoms in total. The number of hydrogen-bond donors (Lipinski definition) is 0. The van der Waals surface area contributed by atoms with Crippen LogP contribution in [-0.4, -0.2) is 31.1 Å². The zero-order valence-corrected chi connectivity index (χ0v) is 14.3. The highest BCUT2D eigenvalue weighted by atomic mass is 19.4. The summed E-state index contributed by atoms with van der Waals surface area (Å²) in [7, 11) is 2.14. The highest BCUT2D eigenvalue weighted by Gasteiger charge is 2.30. The van der Waals surface area contributed by atoms with Gasteiger partial charge in [0.1, 0.15) is 0 Å². The van der Waals surface area contributed by atoms with E-state index in [1.54, 1.807) is 12.1 Å². The van der Waals surface area contributed by atoms with Gasteiger partial charge in [-0.25, -0.2) is 0 Å². The third-order valence-corrected chi connectivity index (χ3v) is 4.92. The van der Waals surface area contributed by atoms with E-state index in [1.807, 2.05) is 6.07 Å². The highest BCUT2D eigenvalue weighted by molar-refractivity contribution is 5.48. The fourth-order valence-electron chi connectivity index (χ4n) is 3.43. The highest BCUT2D eigenvalue weighted by Crippen LogP contribution is 2.31. The van der Waals surface area contributed by atoms with E-state index < -0.39 is 11.7 Å². The number of halogens is 3. The van der Waals surface area contributed by atoms with E-state index in [-0.39, 0.29) is 0 Å². The number of benzene rings is 2. The second-order valence-electron chi connectivity index (χ2n) is 6.66. The monoisotopic (exact) mass is 348 g/mol. The first-order chi connectivity index (χ1) is 11.9. The SMILES string of the molecule is CN(Cc1ccccc1)C1CCN(c2ccc(C(F)(F)F)cc2)CC1. The smallest absolute Gasteiger partial charge is 0.371 e. The number of piperidine rings is 1. The Labute approximate surface area is 146 Å². The minimum absolute atomic E-state index is 0.505. The largest absolute Gasteiger partial charge is 0.416 e. The maximum Gasteiger partial charge on any atom is 0.416 e. The van der Waals surface area contributed by atoms with Crippen LogP contribution in [0, 0.1) is 0 Å². The summed E-state index contributed by atoms with van der Waals surface area (Å²) >= 11 is 0. The number of rotatable bonds is 4. The van der Waals surface area contributed by atoms with Gasteiger partial charge in [-0.3, -0.25) is 4.90 Å². The minimum atomic E-state index is -4.27. The lowest BCUT2D eigenvalue weighted by Crippen LogP contribution is -2.43. The summed E-state index contributed by atoms with van der Waals surface area (Å²) in [5, 5.41) is 0. The average Bonchev–Trinajstić information content (AvgIpc) is 2.62. The topological polar surface area (TPSA) is 6.48 Å². The van der Waals surface area contributed by atoms with Gasteiger partial charge in [-0.15, -0.1) is 0 Å². The second-order valence-corrected chi connectivity index (χ2v) is 6.66. The normalized spacial score (nSPS) is 16.4. The number of hydrogen-bond acceptors (Lipinski definition) is 2. The lowest BCUT2D eigenvalue weighted by molar-refractivity contribution is -0.137. The minimum Gasteiger partial charge on any atom is -0.371 e. The number of anilines is 1. The molecule has 0 aliphatic carbocycles. The quantitative estimate of drug-likeness (QED) is 0.783. The van der Waals surface area contributed by atoms with Gasteiger partial charge in [-0.05, 0) is 49.7 Å². The molecule has 2 aromatic carbocycles. The Morgan fingerprint density at radius 3 is 2.12 bits per heavy atom. The number of nitrogens with zero attached hydrogens (tertiary/aromatic N) is 2. The van der Waals surface area contributed by atoms with Crippen molar-refractivity contribution in [1.29, 1.82) is 0 Å². The molecular formula is C20H23F3N2. The van der Waals surface area contributed by atoms with Crippen LogP contribution in [0.25, 0.3) is 0 Å². The van der Waals surface area contributed by atoms with Crippen LogP contribution in [0.4, 0.5) is 18.9 Å². The lowest BCUT2D eigenvalue weighted by Gasteiger charge is -2.38. The summed E-state index contributed by atoms with van der Waals surface area (Å²) in [6, 6.07) is 16.4. The summed E-state index contributed by atoms with van der Waals surface area (Å²) < 4.78 is 38.0. The third kappa shape index (κ3) is 4.54. The van der Waals surface area contributed by atoms with E-state index in [0.29, 0.717) is 6.04 Å². The van der Waals surface area contributed by atoms with Crippen LogP contribution in [0.3, 0.4) is 0 Å². The van der Waals surface area contributed by atoms with Gasteiger partial charge in [0.2, 0.25) is 0 Å². The Kier molecular flexibility index (Phi) is 5.33. The summed E-state index contributed by atoms with van der Waals surface area (Å²) in [6.07, 6.45) is -2.24. The molecule has 1 aliphatic heterocycles. The van der Waals surface area contributed by atoms with Gasteiger partial charge in [0.15, 0.2) is 0 Å². The van der Waals surface area contributed by atoms with Crippen molar-refractivity contribution in [1.82, 2.24) is 4.90 Å². The van der Waals surface area contributed by atoms with Crippen molar-refractivity contribution in [3.8, 4) is 0 Å². The molecule has 0 N–H and O–H groups in total. The standard InChI is InChI=1S/C20H23F3N2/c1-24(15-16-5-3-2-4-6-16)18-11-13-25(14-12-18)19-9-7-17(8-10-19)20(21,22)23/h2-10,18H,11-15H2,1H3. The van der Waals surface area contributed by atoms with Crippen LogP contribution in [-0.2, 0) is 12.7 Å². The van der Waals surface area contributed by atoms with Gasteiger partial charge < -0.3 is 4.90 Å². The van der Waals surface area contributed by atoms with Crippen LogP contribution in [0.5, 0.6) is 0 Å². The van der Waals surface area contributed by atoms with E-state index in [9.17, 15) is 13.2 Å². The first-order valence-electron chi connectivity index (χ1n) is 8.60. The van der Waals surface area contributed by atoms with Crippen molar-refractivity contribution in [3.63, 3.8) is 0 Å². The average molecular weight is 348 g/mol. The first kappa shape index (κ1) is 17.8. The summed E-state index contributed by atoms with van der Waals surface area (Å²) in [6.45, 7) is 2.66. The zero-order valence-electron chi connectivity index (χ0n) is 14.3. The van der Waals surface area contributed by atoms with E-state index in [0.717, 1.165) is 38.2 Å². The molecule has 0 bridgehead atoms. The molecule has 0 saturated carbocycles. The molecule has 2 aromatic rings. The van der Waals surface area contributed by atoms with E-state index in [1.165, 1.54) is 17.7 Å². The fourth-order valence-corrected chi connectivity index (χ4v) is 3.43. The molecule has 25 heavy (non-hydrogen) atoms. The van der Waals surface area contributed by atoms with Gasteiger partial charge in [0, 0.05) is 31.4 Å². The first-order valence-corrected chi connectivity index (χ1v) is 8.60. The molecule has 134 valence electrons. The molecule has 0 radical (unpaired) electrons. The van der Waals surface area contributed by atoms with Crippen molar-refractivity contribution in [3.05, 3.63) is 65.7 Å². The number of alkyl halides is 3. The summed E-state index contributed by atoms with van der Waals surface area (Å²) in [5.41, 5.74) is 1.58. The van der Waals surface area contributed by atoms with Crippen LogP contribution < -0.4 is 4.90 Å². The molecular weight excluding hydrogens is 325 g/mol. The van der Waals surface area contributed by atoms with Gasteiger partial charge >= 0.3 is 6.18 Å². The molecule has 0 atom stereocenters. The Hall–Kier alpha value is -2.01. The maximum atomic E-state index is 12.7. The molecule has 1 aliphatic rings. The molecule has 0 spiro atoms. The predicted molar refractivity (Wildman–Crippen MR) is 94.6 cm³/mol. The van der Waals surface area contributed by atoms with Crippen molar-refractivity contribution in [2.45, 2.75) is 31.6 Å². The Bertz CT molecular complexity index is 660.